The average molecular weight is 530 g/mol. The maximum Gasteiger partial charge on any atom is 0.250 e. The molecule has 1 atom stereocenters. The van der Waals surface area contributed by atoms with Gasteiger partial charge in [-0.2, -0.15) is 10.2 Å². The minimum absolute atomic E-state index is 0.0237. The Kier molecular flexibility index (Phi) is 7.54. The fraction of sp³-hybridized carbons (Fsp3) is 0.440. The number of aliphatic hydroxyl groups is 2. The second-order valence-electron chi connectivity index (χ2n) is 9.19. The lowest BCUT2D eigenvalue weighted by Crippen LogP contribution is -2.26. The third-order valence-corrected chi connectivity index (χ3v) is 6.71. The van der Waals surface area contributed by atoms with Gasteiger partial charge in [0.05, 0.1) is 42.0 Å². The monoisotopic (exact) mass is 529 g/mol. The van der Waals surface area contributed by atoms with Gasteiger partial charge in [0.25, 0.3) is 5.88 Å². The number of aliphatic hydroxyl groups excluding tert-OH is 2. The van der Waals surface area contributed by atoms with Crippen LogP contribution in [0.4, 0.5) is 10.2 Å². The van der Waals surface area contributed by atoms with Crippen molar-refractivity contribution >= 4 is 28.3 Å². The smallest absolute Gasteiger partial charge is 0.250 e. The van der Waals surface area contributed by atoms with Gasteiger partial charge in [0.2, 0.25) is 0 Å². The summed E-state index contributed by atoms with van der Waals surface area (Å²) in [5.41, 5.74) is 2.51. The van der Waals surface area contributed by atoms with Crippen LogP contribution in [-0.2, 0) is 6.54 Å². The van der Waals surface area contributed by atoms with Gasteiger partial charge in [0.15, 0.2) is 5.82 Å². The first-order valence-corrected chi connectivity index (χ1v) is 12.7. The SMILES string of the molecule is CCNc1cc2c(cn1)c(-c1cnn(CC(O)CO)c1)nn2C1CCC(Oc2ncc(Cl)cc2F)CC1. The molecule has 0 aromatic carbocycles. The zero-order chi connectivity index (χ0) is 25.9. The molecule has 0 saturated heterocycles. The molecule has 1 aliphatic rings. The highest BCUT2D eigenvalue weighted by Gasteiger charge is 2.28. The number of halogens is 2. The third kappa shape index (κ3) is 5.53. The highest BCUT2D eigenvalue weighted by Crippen LogP contribution is 2.36. The molecule has 0 amide bonds. The van der Waals surface area contributed by atoms with Crippen LogP contribution < -0.4 is 10.1 Å². The zero-order valence-electron chi connectivity index (χ0n) is 20.4. The number of nitrogens with zero attached hydrogens (tertiary/aromatic N) is 6. The lowest BCUT2D eigenvalue weighted by Gasteiger charge is -2.29. The number of pyridine rings is 2. The van der Waals surface area contributed by atoms with Gasteiger partial charge in [-0.3, -0.25) is 9.36 Å². The summed E-state index contributed by atoms with van der Waals surface area (Å²) in [5.74, 6) is 0.183. The fourth-order valence-corrected chi connectivity index (χ4v) is 4.86. The number of anilines is 1. The summed E-state index contributed by atoms with van der Waals surface area (Å²) in [5, 5.41) is 32.6. The van der Waals surface area contributed by atoms with Gasteiger partial charge in [-0.1, -0.05) is 11.6 Å². The van der Waals surface area contributed by atoms with Crippen LogP contribution in [0.25, 0.3) is 22.2 Å². The van der Waals surface area contributed by atoms with Crippen LogP contribution in [0.1, 0.15) is 38.6 Å². The van der Waals surface area contributed by atoms with Crippen LogP contribution in [0.15, 0.2) is 36.9 Å². The van der Waals surface area contributed by atoms with E-state index >= 15 is 0 Å². The standard InChI is InChI=1S/C25H29ClFN7O3/c1-2-28-23-8-22-20(11-29-23)24(15-9-31-33(12-15)13-18(36)14-35)32-34(22)17-3-5-19(6-4-17)37-25-21(27)7-16(26)10-30-25/h7-12,17-19,35-36H,2-6,13-14H2,1H3,(H,28,29). The van der Waals surface area contributed by atoms with Gasteiger partial charge in [0, 0.05) is 42.2 Å². The first kappa shape index (κ1) is 25.4. The highest BCUT2D eigenvalue weighted by molar-refractivity contribution is 6.30. The van der Waals surface area contributed by atoms with E-state index in [1.54, 1.807) is 10.9 Å². The lowest BCUT2D eigenvalue weighted by molar-refractivity contribution is 0.0783. The molecule has 196 valence electrons. The molecule has 37 heavy (non-hydrogen) atoms. The van der Waals surface area contributed by atoms with Gasteiger partial charge < -0.3 is 20.3 Å². The molecule has 1 saturated carbocycles. The van der Waals surface area contributed by atoms with Gasteiger partial charge in [0.1, 0.15) is 17.6 Å². The Bertz CT molecular complexity index is 1370. The number of rotatable bonds is 9. The Morgan fingerprint density at radius 2 is 2.00 bits per heavy atom. The summed E-state index contributed by atoms with van der Waals surface area (Å²) in [6.07, 6.45) is 8.74. The third-order valence-electron chi connectivity index (χ3n) is 6.51. The minimum Gasteiger partial charge on any atom is -0.472 e. The topological polar surface area (TPSA) is 123 Å². The molecule has 0 spiro atoms. The second-order valence-corrected chi connectivity index (χ2v) is 9.62. The van der Waals surface area contributed by atoms with Crippen molar-refractivity contribution in [1.29, 1.82) is 0 Å². The van der Waals surface area contributed by atoms with Gasteiger partial charge in [-0.05, 0) is 38.7 Å². The number of ether oxygens (including phenoxy) is 1. The Hall–Kier alpha value is -3.28. The molecule has 5 rings (SSSR count). The first-order chi connectivity index (χ1) is 17.9. The van der Waals surface area contributed by atoms with Gasteiger partial charge in [-0.15, -0.1) is 0 Å². The first-order valence-electron chi connectivity index (χ1n) is 12.4. The van der Waals surface area contributed by atoms with Crippen LogP contribution in [-0.4, -0.2) is 65.1 Å². The van der Waals surface area contributed by atoms with E-state index in [1.165, 1.54) is 12.3 Å². The predicted octanol–water partition coefficient (Wildman–Crippen LogP) is 3.83. The lowest BCUT2D eigenvalue weighted by atomic mass is 9.93. The molecule has 4 aromatic rings. The van der Waals surface area contributed by atoms with E-state index in [-0.39, 0.29) is 36.2 Å². The van der Waals surface area contributed by atoms with E-state index in [0.29, 0.717) is 0 Å². The molecule has 0 radical (unpaired) electrons. The van der Waals surface area contributed by atoms with E-state index in [0.717, 1.165) is 60.2 Å². The molecule has 12 heteroatoms. The molecular formula is C25H29ClFN7O3. The van der Waals surface area contributed by atoms with Crippen LogP contribution >= 0.6 is 11.6 Å². The molecule has 3 N–H and O–H groups in total. The molecular weight excluding hydrogens is 501 g/mol. The van der Waals surface area contributed by atoms with Gasteiger partial charge >= 0.3 is 0 Å². The van der Waals surface area contributed by atoms with Gasteiger partial charge in [-0.25, -0.2) is 14.4 Å². The summed E-state index contributed by atoms with van der Waals surface area (Å²) in [4.78, 5) is 8.53. The molecule has 1 fully saturated rings. The number of aromatic nitrogens is 6. The fourth-order valence-electron chi connectivity index (χ4n) is 4.72. The second kappa shape index (κ2) is 11.0. The Balaban J connectivity index is 1.39. The maximum absolute atomic E-state index is 14.1. The molecule has 4 aromatic heterocycles. The average Bonchev–Trinajstić information content (AvgIpc) is 3.50. The largest absolute Gasteiger partial charge is 0.472 e. The van der Waals surface area contributed by atoms with Crippen molar-refractivity contribution in [2.24, 2.45) is 0 Å². The van der Waals surface area contributed by atoms with Crippen molar-refractivity contribution in [1.82, 2.24) is 29.5 Å². The molecule has 0 bridgehead atoms. The van der Waals surface area contributed by atoms with E-state index in [4.69, 9.17) is 26.5 Å². The molecule has 10 nitrogen and oxygen atoms in total. The summed E-state index contributed by atoms with van der Waals surface area (Å²) in [6, 6.07) is 3.34. The molecule has 1 unspecified atom stereocenters. The van der Waals surface area contributed by atoms with Crippen LogP contribution in [0.2, 0.25) is 5.02 Å². The highest BCUT2D eigenvalue weighted by atomic mass is 35.5. The van der Waals surface area contributed by atoms with Crippen molar-refractivity contribution in [2.45, 2.75) is 57.4 Å². The zero-order valence-corrected chi connectivity index (χ0v) is 21.1. The molecule has 4 heterocycles. The van der Waals surface area contributed by atoms with Crippen molar-refractivity contribution < 1.29 is 19.3 Å². The van der Waals surface area contributed by atoms with E-state index in [2.05, 4.69) is 20.4 Å². The van der Waals surface area contributed by atoms with Crippen LogP contribution in [0.5, 0.6) is 5.88 Å². The number of nitrogens with one attached hydrogen (secondary N) is 1. The van der Waals surface area contributed by atoms with Crippen LogP contribution in [0, 0.1) is 5.82 Å². The quantitative estimate of drug-likeness (QED) is 0.299. The van der Waals surface area contributed by atoms with Crippen LogP contribution in [0.3, 0.4) is 0 Å². The maximum atomic E-state index is 14.1. The summed E-state index contributed by atoms with van der Waals surface area (Å²) in [6.45, 7) is 2.61. The normalized spacial score (nSPS) is 18.7. The summed E-state index contributed by atoms with van der Waals surface area (Å²) >= 11 is 5.80. The van der Waals surface area contributed by atoms with Crippen molar-refractivity contribution in [3.63, 3.8) is 0 Å². The van der Waals surface area contributed by atoms with Crippen molar-refractivity contribution in [2.75, 3.05) is 18.5 Å². The summed E-state index contributed by atoms with van der Waals surface area (Å²) in [7, 11) is 0. The summed E-state index contributed by atoms with van der Waals surface area (Å²) < 4.78 is 23.6. The van der Waals surface area contributed by atoms with E-state index in [9.17, 15) is 9.50 Å². The Morgan fingerprint density at radius 1 is 1.19 bits per heavy atom. The number of hydrogen-bond donors (Lipinski definition) is 3. The predicted molar refractivity (Wildman–Crippen MR) is 137 cm³/mol. The van der Waals surface area contributed by atoms with Crippen molar-refractivity contribution in [3.05, 3.63) is 47.8 Å². The molecule has 1 aliphatic carbocycles. The van der Waals surface area contributed by atoms with E-state index in [1.807, 2.05) is 30.1 Å². The van der Waals surface area contributed by atoms with Crippen molar-refractivity contribution in [3.8, 4) is 17.1 Å². The molecule has 0 aliphatic heterocycles. The Morgan fingerprint density at radius 3 is 2.73 bits per heavy atom. The Labute approximate surface area is 218 Å². The minimum atomic E-state index is -0.889. The van der Waals surface area contributed by atoms with E-state index < -0.39 is 11.9 Å². The number of fused-ring (bicyclic) bond motifs is 1. The number of hydrogen-bond acceptors (Lipinski definition) is 8.